The monoisotopic (exact) mass is 251 g/mol. The van der Waals surface area contributed by atoms with Crippen LogP contribution in [0.5, 0.6) is 0 Å². The number of nitro groups is 1. The van der Waals surface area contributed by atoms with Gasteiger partial charge in [-0.25, -0.2) is 0 Å². The molecule has 1 saturated heterocycles. The van der Waals surface area contributed by atoms with Crippen LogP contribution in [0.25, 0.3) is 0 Å². The summed E-state index contributed by atoms with van der Waals surface area (Å²) in [6.07, 6.45) is 3.73. The first-order chi connectivity index (χ1) is 8.58. The van der Waals surface area contributed by atoms with Crippen LogP contribution in [0.15, 0.2) is 17.1 Å². The van der Waals surface area contributed by atoms with Crippen molar-refractivity contribution in [3.63, 3.8) is 0 Å². The Morgan fingerprint density at radius 3 is 2.61 bits per heavy atom. The van der Waals surface area contributed by atoms with Crippen LogP contribution in [0.1, 0.15) is 18.4 Å². The molecule has 0 radical (unpaired) electrons. The van der Waals surface area contributed by atoms with Crippen LogP contribution in [-0.4, -0.2) is 34.0 Å². The third kappa shape index (κ3) is 2.76. The Bertz CT molecular complexity index is 504. The highest BCUT2D eigenvalue weighted by molar-refractivity contribution is 5.30. The Hall–Kier alpha value is -1.69. The van der Waals surface area contributed by atoms with Crippen molar-refractivity contribution < 1.29 is 4.92 Å². The molecule has 1 aliphatic heterocycles. The molecule has 1 aliphatic rings. The summed E-state index contributed by atoms with van der Waals surface area (Å²) in [6, 6.07) is 1.33. The van der Waals surface area contributed by atoms with E-state index < -0.39 is 4.92 Å². The molecule has 2 heterocycles. The van der Waals surface area contributed by atoms with Crippen LogP contribution in [0.4, 0.5) is 5.69 Å². The van der Waals surface area contributed by atoms with Crippen LogP contribution in [0.3, 0.4) is 0 Å². The summed E-state index contributed by atoms with van der Waals surface area (Å²) < 4.78 is 1.45. The van der Waals surface area contributed by atoms with Gasteiger partial charge in [0.05, 0.1) is 11.1 Å². The minimum atomic E-state index is -0.460. The van der Waals surface area contributed by atoms with E-state index in [0.29, 0.717) is 12.1 Å². The lowest BCUT2D eigenvalue weighted by molar-refractivity contribution is -0.385. The fraction of sp³-hybridized carbons (Fsp3) is 0.583. The van der Waals surface area contributed by atoms with Gasteiger partial charge in [0.25, 0.3) is 11.2 Å². The van der Waals surface area contributed by atoms with Crippen molar-refractivity contribution in [2.24, 2.45) is 0 Å². The zero-order chi connectivity index (χ0) is 13.1. The fourth-order valence-electron chi connectivity index (χ4n) is 2.29. The second kappa shape index (κ2) is 5.30. The predicted octanol–water partition coefficient (Wildman–Crippen LogP) is 1.16. The van der Waals surface area contributed by atoms with Crippen molar-refractivity contribution in [3.05, 3.63) is 38.3 Å². The van der Waals surface area contributed by atoms with E-state index in [0.717, 1.165) is 19.6 Å². The van der Waals surface area contributed by atoms with Crippen molar-refractivity contribution >= 4 is 5.69 Å². The Morgan fingerprint density at radius 1 is 1.33 bits per heavy atom. The van der Waals surface area contributed by atoms with Crippen molar-refractivity contribution in [1.29, 1.82) is 0 Å². The number of nitrogens with zero attached hydrogens (tertiary/aromatic N) is 3. The maximum Gasteiger partial charge on any atom is 0.286 e. The lowest BCUT2D eigenvalue weighted by Crippen LogP contribution is -2.30. The van der Waals surface area contributed by atoms with Crippen molar-refractivity contribution in [2.75, 3.05) is 19.6 Å². The molecule has 0 amide bonds. The summed E-state index contributed by atoms with van der Waals surface area (Å²) >= 11 is 0. The molecule has 0 bridgehead atoms. The van der Waals surface area contributed by atoms with Gasteiger partial charge >= 0.3 is 0 Å². The fourth-order valence-corrected chi connectivity index (χ4v) is 2.29. The van der Waals surface area contributed by atoms with Gasteiger partial charge in [-0.1, -0.05) is 0 Å². The Labute approximate surface area is 105 Å². The second-order valence-corrected chi connectivity index (χ2v) is 4.69. The summed E-state index contributed by atoms with van der Waals surface area (Å²) in [5, 5.41) is 10.8. The quantitative estimate of drug-likeness (QED) is 0.595. The van der Waals surface area contributed by atoms with E-state index in [2.05, 4.69) is 4.90 Å². The maximum absolute atomic E-state index is 11.9. The van der Waals surface area contributed by atoms with E-state index in [1.807, 2.05) is 0 Å². The maximum atomic E-state index is 11.9. The molecule has 0 saturated carbocycles. The highest BCUT2D eigenvalue weighted by atomic mass is 16.6. The summed E-state index contributed by atoms with van der Waals surface area (Å²) in [7, 11) is 0. The van der Waals surface area contributed by atoms with Crippen molar-refractivity contribution in [3.8, 4) is 0 Å². The Kier molecular flexibility index (Phi) is 3.76. The number of rotatable bonds is 4. The molecule has 18 heavy (non-hydrogen) atoms. The number of hydrogen-bond donors (Lipinski definition) is 0. The summed E-state index contributed by atoms with van der Waals surface area (Å²) in [6.45, 7) is 5.02. The third-order valence-electron chi connectivity index (χ3n) is 3.32. The van der Waals surface area contributed by atoms with E-state index in [1.54, 1.807) is 6.92 Å². The molecule has 1 aromatic heterocycles. The van der Waals surface area contributed by atoms with Crippen LogP contribution in [0, 0.1) is 17.0 Å². The molecule has 0 unspecified atom stereocenters. The van der Waals surface area contributed by atoms with Gasteiger partial charge in [-0.05, 0) is 32.9 Å². The SMILES string of the molecule is Cc1cc([N+](=O)[O-])cn(CCN2CCCC2)c1=O. The standard InChI is InChI=1S/C12H17N3O3/c1-10-8-11(15(17)18)9-14(12(10)16)7-6-13-4-2-3-5-13/h8-9H,2-7H2,1H3. The predicted molar refractivity (Wildman–Crippen MR) is 67.8 cm³/mol. The van der Waals surface area contributed by atoms with E-state index >= 15 is 0 Å². The van der Waals surface area contributed by atoms with E-state index in [1.165, 1.54) is 29.7 Å². The number of pyridine rings is 1. The number of likely N-dealkylation sites (tertiary alicyclic amines) is 1. The van der Waals surface area contributed by atoms with Crippen LogP contribution in [0.2, 0.25) is 0 Å². The first-order valence-corrected chi connectivity index (χ1v) is 6.16. The van der Waals surface area contributed by atoms with Crippen LogP contribution < -0.4 is 5.56 Å². The Balaban J connectivity index is 2.15. The third-order valence-corrected chi connectivity index (χ3v) is 3.32. The van der Waals surface area contributed by atoms with E-state index in [9.17, 15) is 14.9 Å². The molecule has 6 heteroatoms. The highest BCUT2D eigenvalue weighted by Gasteiger charge is 2.14. The molecule has 0 N–H and O–H groups in total. The van der Waals surface area contributed by atoms with Gasteiger partial charge in [0.15, 0.2) is 0 Å². The molecule has 0 aliphatic carbocycles. The first kappa shape index (κ1) is 12.8. The number of aryl methyl sites for hydroxylation is 1. The molecule has 0 aromatic carbocycles. The first-order valence-electron chi connectivity index (χ1n) is 6.16. The molecule has 6 nitrogen and oxygen atoms in total. The lowest BCUT2D eigenvalue weighted by atomic mass is 10.3. The van der Waals surface area contributed by atoms with E-state index in [-0.39, 0.29) is 11.2 Å². The summed E-state index contributed by atoms with van der Waals surface area (Å²) in [4.78, 5) is 24.4. The largest absolute Gasteiger partial charge is 0.307 e. The summed E-state index contributed by atoms with van der Waals surface area (Å²) in [5.41, 5.74) is 0.263. The number of aromatic nitrogens is 1. The molecule has 1 aromatic rings. The molecule has 0 atom stereocenters. The highest BCUT2D eigenvalue weighted by Crippen LogP contribution is 2.11. The molecule has 0 spiro atoms. The van der Waals surface area contributed by atoms with Crippen molar-refractivity contribution in [1.82, 2.24) is 9.47 Å². The van der Waals surface area contributed by atoms with Gasteiger partial charge in [-0.15, -0.1) is 0 Å². The zero-order valence-electron chi connectivity index (χ0n) is 10.5. The topological polar surface area (TPSA) is 68.4 Å². The lowest BCUT2D eigenvalue weighted by Gasteiger charge is -2.15. The molecule has 2 rings (SSSR count). The number of hydrogen-bond acceptors (Lipinski definition) is 4. The molecule has 1 fully saturated rings. The van der Waals surface area contributed by atoms with Crippen molar-refractivity contribution in [2.45, 2.75) is 26.3 Å². The van der Waals surface area contributed by atoms with Gasteiger partial charge in [0, 0.05) is 24.7 Å². The van der Waals surface area contributed by atoms with Gasteiger partial charge in [0.2, 0.25) is 0 Å². The molecular formula is C12H17N3O3. The van der Waals surface area contributed by atoms with Gasteiger partial charge in [-0.2, -0.15) is 0 Å². The Morgan fingerprint density at radius 2 is 2.00 bits per heavy atom. The minimum absolute atomic E-state index is 0.0199. The average molecular weight is 251 g/mol. The zero-order valence-corrected chi connectivity index (χ0v) is 10.5. The van der Waals surface area contributed by atoms with Gasteiger partial charge in [0.1, 0.15) is 0 Å². The average Bonchev–Trinajstić information content (AvgIpc) is 2.83. The summed E-state index contributed by atoms with van der Waals surface area (Å²) in [5.74, 6) is 0. The van der Waals surface area contributed by atoms with Gasteiger partial charge in [-0.3, -0.25) is 14.9 Å². The van der Waals surface area contributed by atoms with Crippen LogP contribution in [-0.2, 0) is 6.54 Å². The smallest absolute Gasteiger partial charge is 0.286 e. The van der Waals surface area contributed by atoms with E-state index in [4.69, 9.17) is 0 Å². The minimum Gasteiger partial charge on any atom is -0.307 e. The molecule has 98 valence electrons. The normalized spacial score (nSPS) is 16.1. The second-order valence-electron chi connectivity index (χ2n) is 4.69. The molecular weight excluding hydrogens is 234 g/mol. The van der Waals surface area contributed by atoms with Gasteiger partial charge < -0.3 is 9.47 Å². The van der Waals surface area contributed by atoms with Crippen LogP contribution >= 0.6 is 0 Å².